The van der Waals surface area contributed by atoms with Crippen LogP contribution in [-0.4, -0.2) is 10.1 Å². The SMILES string of the molecule is Cl.NC(Cc1cccc(F)n1)c1ccccc1-c1noc2ccccc12. The smallest absolute Gasteiger partial charge is 0.213 e. The van der Waals surface area contributed by atoms with E-state index in [1.165, 1.54) is 6.07 Å². The molecule has 0 aliphatic rings. The quantitative estimate of drug-likeness (QED) is 0.530. The molecule has 2 heterocycles. The maximum Gasteiger partial charge on any atom is 0.213 e. The van der Waals surface area contributed by atoms with Crippen LogP contribution in [0.1, 0.15) is 17.3 Å². The van der Waals surface area contributed by atoms with E-state index in [1.807, 2.05) is 48.5 Å². The van der Waals surface area contributed by atoms with E-state index in [1.54, 1.807) is 12.1 Å². The fourth-order valence-electron chi connectivity index (χ4n) is 3.02. The highest BCUT2D eigenvalue weighted by molar-refractivity contribution is 5.92. The molecule has 4 nitrogen and oxygen atoms in total. The zero-order valence-corrected chi connectivity index (χ0v) is 14.6. The lowest BCUT2D eigenvalue weighted by Gasteiger charge is -2.15. The van der Waals surface area contributed by atoms with Crippen LogP contribution in [0.2, 0.25) is 0 Å². The molecule has 132 valence electrons. The molecule has 0 aliphatic carbocycles. The number of para-hydroxylation sites is 1. The molecule has 1 unspecified atom stereocenters. The molecule has 0 spiro atoms. The summed E-state index contributed by atoms with van der Waals surface area (Å²) in [5.41, 5.74) is 10.3. The Morgan fingerprint density at radius 2 is 1.73 bits per heavy atom. The molecule has 0 radical (unpaired) electrons. The van der Waals surface area contributed by atoms with Gasteiger partial charge in [-0.25, -0.2) is 4.98 Å². The summed E-state index contributed by atoms with van der Waals surface area (Å²) in [6.07, 6.45) is 0.435. The van der Waals surface area contributed by atoms with Crippen molar-refractivity contribution in [1.82, 2.24) is 10.1 Å². The van der Waals surface area contributed by atoms with Gasteiger partial charge in [-0.3, -0.25) is 0 Å². The predicted octanol–water partition coefficient (Wildman–Crippen LogP) is 4.69. The van der Waals surface area contributed by atoms with Crippen molar-refractivity contribution in [2.75, 3.05) is 0 Å². The summed E-state index contributed by atoms with van der Waals surface area (Å²) in [4.78, 5) is 3.90. The first kappa shape index (κ1) is 18.0. The van der Waals surface area contributed by atoms with E-state index < -0.39 is 5.95 Å². The van der Waals surface area contributed by atoms with Crippen LogP contribution in [0.3, 0.4) is 0 Å². The molecule has 4 aromatic rings. The van der Waals surface area contributed by atoms with Crippen LogP contribution in [0, 0.1) is 5.95 Å². The molecule has 2 aromatic heterocycles. The second-order valence-corrected chi connectivity index (χ2v) is 5.88. The van der Waals surface area contributed by atoms with Crippen molar-refractivity contribution in [3.8, 4) is 11.3 Å². The van der Waals surface area contributed by atoms with Crippen molar-refractivity contribution < 1.29 is 8.91 Å². The van der Waals surface area contributed by atoms with Crippen LogP contribution < -0.4 is 5.73 Å². The molecule has 6 heteroatoms. The topological polar surface area (TPSA) is 64.9 Å². The first-order valence-corrected chi connectivity index (χ1v) is 8.03. The number of nitrogens with two attached hydrogens (primary N) is 1. The van der Waals surface area contributed by atoms with Gasteiger partial charge in [-0.1, -0.05) is 47.6 Å². The maximum absolute atomic E-state index is 13.3. The molecular formula is C20H17ClFN3O. The molecule has 0 fully saturated rings. The van der Waals surface area contributed by atoms with Crippen molar-refractivity contribution in [3.05, 3.63) is 83.9 Å². The van der Waals surface area contributed by atoms with Gasteiger partial charge in [0.25, 0.3) is 0 Å². The van der Waals surface area contributed by atoms with E-state index in [9.17, 15) is 4.39 Å². The summed E-state index contributed by atoms with van der Waals surface area (Å²) < 4.78 is 18.7. The third-order valence-electron chi connectivity index (χ3n) is 4.19. The molecule has 0 amide bonds. The van der Waals surface area contributed by atoms with Gasteiger partial charge in [0.05, 0.1) is 0 Å². The number of nitrogens with zero attached hydrogens (tertiary/aromatic N) is 2. The van der Waals surface area contributed by atoms with Crippen molar-refractivity contribution in [2.45, 2.75) is 12.5 Å². The number of hydrogen-bond acceptors (Lipinski definition) is 4. The average molecular weight is 370 g/mol. The summed E-state index contributed by atoms with van der Waals surface area (Å²) in [5, 5.41) is 5.16. The van der Waals surface area contributed by atoms with Crippen molar-refractivity contribution in [1.29, 1.82) is 0 Å². The Balaban J connectivity index is 0.00000196. The van der Waals surface area contributed by atoms with Crippen molar-refractivity contribution in [2.24, 2.45) is 5.73 Å². The first-order chi connectivity index (χ1) is 12.2. The van der Waals surface area contributed by atoms with Gasteiger partial charge in [-0.15, -0.1) is 12.4 Å². The lowest BCUT2D eigenvalue weighted by atomic mass is 9.94. The summed E-state index contributed by atoms with van der Waals surface area (Å²) >= 11 is 0. The molecule has 26 heavy (non-hydrogen) atoms. The normalized spacial score (nSPS) is 11.9. The molecule has 2 aromatic carbocycles. The van der Waals surface area contributed by atoms with E-state index in [-0.39, 0.29) is 18.4 Å². The minimum absolute atomic E-state index is 0. The first-order valence-electron chi connectivity index (χ1n) is 8.03. The van der Waals surface area contributed by atoms with Gasteiger partial charge in [-0.2, -0.15) is 4.39 Å². The van der Waals surface area contributed by atoms with Crippen molar-refractivity contribution >= 4 is 23.4 Å². The highest BCUT2D eigenvalue weighted by Crippen LogP contribution is 2.33. The largest absolute Gasteiger partial charge is 0.356 e. The minimum atomic E-state index is -0.500. The van der Waals surface area contributed by atoms with Gasteiger partial charge in [0, 0.05) is 29.1 Å². The number of fused-ring (bicyclic) bond motifs is 1. The highest BCUT2D eigenvalue weighted by atomic mass is 35.5. The fraction of sp³-hybridized carbons (Fsp3) is 0.100. The number of halogens is 2. The highest BCUT2D eigenvalue weighted by Gasteiger charge is 2.18. The Morgan fingerprint density at radius 1 is 0.962 bits per heavy atom. The van der Waals surface area contributed by atoms with Gasteiger partial charge < -0.3 is 10.3 Å². The summed E-state index contributed by atoms with van der Waals surface area (Å²) in [7, 11) is 0. The Kier molecular flexibility index (Phi) is 5.30. The average Bonchev–Trinajstić information content (AvgIpc) is 3.06. The Hall–Kier alpha value is -2.76. The zero-order valence-electron chi connectivity index (χ0n) is 13.8. The summed E-state index contributed by atoms with van der Waals surface area (Å²) in [5.74, 6) is -0.500. The van der Waals surface area contributed by atoms with Crippen LogP contribution in [0.15, 0.2) is 71.3 Å². The van der Waals surface area contributed by atoms with Crippen LogP contribution in [0.5, 0.6) is 0 Å². The zero-order chi connectivity index (χ0) is 17.2. The second-order valence-electron chi connectivity index (χ2n) is 5.88. The Bertz CT molecular complexity index is 1030. The van der Waals surface area contributed by atoms with Gasteiger partial charge >= 0.3 is 0 Å². The molecule has 4 rings (SSSR count). The number of hydrogen-bond donors (Lipinski definition) is 1. The number of pyridine rings is 1. The third kappa shape index (κ3) is 3.45. The molecule has 2 N–H and O–H groups in total. The van der Waals surface area contributed by atoms with Crippen molar-refractivity contribution in [3.63, 3.8) is 0 Å². The van der Waals surface area contributed by atoms with Gasteiger partial charge in [0.2, 0.25) is 5.95 Å². The maximum atomic E-state index is 13.3. The predicted molar refractivity (Wildman–Crippen MR) is 102 cm³/mol. The van der Waals surface area contributed by atoms with E-state index in [4.69, 9.17) is 10.3 Å². The number of benzene rings is 2. The number of rotatable bonds is 4. The minimum Gasteiger partial charge on any atom is -0.356 e. The third-order valence-corrected chi connectivity index (χ3v) is 4.19. The van der Waals surface area contributed by atoms with Gasteiger partial charge in [0.15, 0.2) is 5.58 Å². The van der Waals surface area contributed by atoms with Gasteiger partial charge in [-0.05, 0) is 29.8 Å². The summed E-state index contributed by atoms with van der Waals surface area (Å²) in [6, 6.07) is 19.9. The van der Waals surface area contributed by atoms with Crippen LogP contribution in [0.4, 0.5) is 4.39 Å². The molecule has 1 atom stereocenters. The molecular weight excluding hydrogens is 353 g/mol. The Morgan fingerprint density at radius 3 is 2.58 bits per heavy atom. The van der Waals surface area contributed by atoms with E-state index in [0.717, 1.165) is 27.8 Å². The molecule has 0 saturated carbocycles. The lowest BCUT2D eigenvalue weighted by Crippen LogP contribution is -2.15. The van der Waals surface area contributed by atoms with E-state index in [0.29, 0.717) is 12.1 Å². The summed E-state index contributed by atoms with van der Waals surface area (Å²) in [6.45, 7) is 0. The fourth-order valence-corrected chi connectivity index (χ4v) is 3.02. The van der Waals surface area contributed by atoms with Crippen LogP contribution in [-0.2, 0) is 6.42 Å². The van der Waals surface area contributed by atoms with E-state index in [2.05, 4.69) is 10.1 Å². The second kappa shape index (κ2) is 7.64. The number of aromatic nitrogens is 2. The molecule has 0 aliphatic heterocycles. The van der Waals surface area contributed by atoms with Gasteiger partial charge in [0.1, 0.15) is 5.69 Å². The molecule has 0 saturated heterocycles. The standard InChI is InChI=1S/C20H16FN3O.ClH/c21-19-11-5-6-13(23-19)12-17(22)14-7-1-2-8-15(14)20-16-9-3-4-10-18(16)25-24-20;/h1-11,17H,12,22H2;1H. The molecule has 0 bridgehead atoms. The van der Waals surface area contributed by atoms with Crippen LogP contribution in [0.25, 0.3) is 22.2 Å². The lowest BCUT2D eigenvalue weighted by molar-refractivity contribution is 0.459. The van der Waals surface area contributed by atoms with Crippen LogP contribution >= 0.6 is 12.4 Å². The van der Waals surface area contributed by atoms with E-state index >= 15 is 0 Å². The Labute approximate surface area is 156 Å². The monoisotopic (exact) mass is 369 g/mol.